The van der Waals surface area contributed by atoms with E-state index in [9.17, 15) is 9.59 Å². The molecule has 2 rings (SSSR count). The van der Waals surface area contributed by atoms with Gasteiger partial charge in [-0.3, -0.25) is 9.59 Å². The fourth-order valence-electron chi connectivity index (χ4n) is 2.12. The Balaban J connectivity index is 2.54. The summed E-state index contributed by atoms with van der Waals surface area (Å²) < 4.78 is 5.14. The second-order valence-electron chi connectivity index (χ2n) is 5.31. The number of fused-ring (bicyclic) bond motifs is 1. The summed E-state index contributed by atoms with van der Waals surface area (Å²) in [4.78, 5) is 26.9. The van der Waals surface area contributed by atoms with Crippen molar-refractivity contribution in [3.63, 3.8) is 0 Å². The van der Waals surface area contributed by atoms with Crippen LogP contribution in [0.3, 0.4) is 0 Å². The average molecular weight is 336 g/mol. The first-order chi connectivity index (χ1) is 10.8. The van der Waals surface area contributed by atoms with Gasteiger partial charge in [-0.05, 0) is 26.0 Å². The first-order valence-corrected chi connectivity index (χ1v) is 7.39. The van der Waals surface area contributed by atoms with Gasteiger partial charge in [0.05, 0.1) is 24.0 Å². The number of hydrogen-bond donors (Lipinski definition) is 3. The predicted octanol–water partition coefficient (Wildman–Crippen LogP) is 2.01. The molecule has 1 aromatic heterocycles. The van der Waals surface area contributed by atoms with Crippen molar-refractivity contribution in [1.82, 2.24) is 10.3 Å². The highest BCUT2D eigenvalue weighted by Crippen LogP contribution is 2.30. The Morgan fingerprint density at radius 2 is 2.13 bits per heavy atom. The number of hydrogen-bond acceptors (Lipinski definition) is 4. The number of aromatic amines is 1. The van der Waals surface area contributed by atoms with E-state index in [1.165, 1.54) is 19.3 Å². The van der Waals surface area contributed by atoms with E-state index in [-0.39, 0.29) is 28.1 Å². The quantitative estimate of drug-likeness (QED) is 0.744. The highest BCUT2D eigenvalue weighted by Gasteiger charge is 2.12. The largest absolute Gasteiger partial charge is 0.495 e. The van der Waals surface area contributed by atoms with E-state index < -0.39 is 0 Å². The van der Waals surface area contributed by atoms with Gasteiger partial charge in [-0.1, -0.05) is 11.6 Å². The molecule has 1 amide bonds. The molecule has 1 heterocycles. The first kappa shape index (κ1) is 16.9. The van der Waals surface area contributed by atoms with Crippen molar-refractivity contribution in [2.24, 2.45) is 5.73 Å². The molecule has 0 aliphatic heterocycles. The molecule has 0 radical (unpaired) electrons. The molecule has 122 valence electrons. The average Bonchev–Trinajstić information content (AvgIpc) is 2.47. The molecule has 2 aromatic rings. The van der Waals surface area contributed by atoms with Gasteiger partial charge in [0.25, 0.3) is 0 Å². The van der Waals surface area contributed by atoms with E-state index in [0.29, 0.717) is 22.3 Å². The lowest BCUT2D eigenvalue weighted by atomic mass is 10.1. The van der Waals surface area contributed by atoms with Crippen LogP contribution < -0.4 is 21.2 Å². The minimum Gasteiger partial charge on any atom is -0.495 e. The predicted molar refractivity (Wildman–Crippen MR) is 91.6 cm³/mol. The lowest BCUT2D eigenvalue weighted by Gasteiger charge is -2.10. The third-order valence-electron chi connectivity index (χ3n) is 3.16. The molecule has 7 heteroatoms. The monoisotopic (exact) mass is 335 g/mol. The van der Waals surface area contributed by atoms with Crippen LogP contribution in [-0.4, -0.2) is 24.0 Å². The Labute approximate surface area is 138 Å². The van der Waals surface area contributed by atoms with Crippen LogP contribution in [0.1, 0.15) is 19.5 Å². The van der Waals surface area contributed by atoms with Crippen LogP contribution in [0, 0.1) is 0 Å². The fourth-order valence-corrected chi connectivity index (χ4v) is 2.41. The van der Waals surface area contributed by atoms with Gasteiger partial charge >= 0.3 is 0 Å². The number of pyridine rings is 1. The number of nitrogens with one attached hydrogen (secondary N) is 2. The van der Waals surface area contributed by atoms with Crippen molar-refractivity contribution in [3.8, 4) is 5.75 Å². The number of amides is 1. The van der Waals surface area contributed by atoms with Crippen LogP contribution >= 0.6 is 11.6 Å². The molecule has 0 aliphatic rings. The maximum atomic E-state index is 12.2. The van der Waals surface area contributed by atoms with Gasteiger partial charge in [-0.25, -0.2) is 0 Å². The lowest BCUT2D eigenvalue weighted by molar-refractivity contribution is -0.116. The van der Waals surface area contributed by atoms with Crippen molar-refractivity contribution in [1.29, 1.82) is 0 Å². The van der Waals surface area contributed by atoms with Gasteiger partial charge in [0.2, 0.25) is 5.91 Å². The molecule has 0 spiro atoms. The topological polar surface area (TPSA) is 97.2 Å². The number of halogens is 1. The molecule has 0 saturated heterocycles. The Bertz CT molecular complexity index is 840. The minimum absolute atomic E-state index is 0.0130. The Hall–Kier alpha value is -2.47. The molecule has 1 aromatic carbocycles. The van der Waals surface area contributed by atoms with Crippen LogP contribution in [-0.2, 0) is 4.79 Å². The standard InChI is InChI=1S/C16H18ClN3O3/c1-8(2)19-14(22)6-10(18)11-7-12(21)9-4-5-13(23-3)15(17)16(9)20-11/h4-8H,18H2,1-3H3,(H,19,22)(H,20,21). The smallest absolute Gasteiger partial charge is 0.246 e. The second-order valence-corrected chi connectivity index (χ2v) is 5.69. The third kappa shape index (κ3) is 3.65. The second kappa shape index (κ2) is 6.75. The molecule has 0 aliphatic carbocycles. The van der Waals surface area contributed by atoms with Crippen LogP contribution in [0.2, 0.25) is 5.02 Å². The lowest BCUT2D eigenvalue weighted by Crippen LogP contribution is -2.29. The van der Waals surface area contributed by atoms with Crippen molar-refractivity contribution in [2.45, 2.75) is 19.9 Å². The number of benzene rings is 1. The normalized spacial score (nSPS) is 11.8. The van der Waals surface area contributed by atoms with Crippen molar-refractivity contribution < 1.29 is 9.53 Å². The van der Waals surface area contributed by atoms with E-state index >= 15 is 0 Å². The number of carbonyl (C=O) groups is 1. The van der Waals surface area contributed by atoms with Gasteiger partial charge in [-0.15, -0.1) is 0 Å². The van der Waals surface area contributed by atoms with E-state index in [1.54, 1.807) is 12.1 Å². The van der Waals surface area contributed by atoms with E-state index in [0.717, 1.165) is 0 Å². The molecule has 0 saturated carbocycles. The molecule has 0 fully saturated rings. The molecule has 0 atom stereocenters. The Kier molecular flexibility index (Phi) is 4.95. The van der Waals surface area contributed by atoms with E-state index in [1.807, 2.05) is 13.8 Å². The zero-order valence-corrected chi connectivity index (χ0v) is 13.8. The van der Waals surface area contributed by atoms with Crippen LogP contribution in [0.5, 0.6) is 5.75 Å². The van der Waals surface area contributed by atoms with Gasteiger partial charge in [0.15, 0.2) is 5.43 Å². The van der Waals surface area contributed by atoms with Gasteiger partial charge in [0.1, 0.15) is 10.8 Å². The molecule has 0 bridgehead atoms. The molecule has 6 nitrogen and oxygen atoms in total. The first-order valence-electron chi connectivity index (χ1n) is 7.01. The maximum Gasteiger partial charge on any atom is 0.246 e. The SMILES string of the molecule is COc1ccc2c(=O)cc(C(N)=CC(=O)NC(C)C)[nH]c2c1Cl. The Morgan fingerprint density at radius 1 is 1.43 bits per heavy atom. The number of aromatic nitrogens is 1. The number of methoxy groups -OCH3 is 1. The summed E-state index contributed by atoms with van der Waals surface area (Å²) in [6, 6.07) is 4.56. The van der Waals surface area contributed by atoms with Crippen molar-refractivity contribution in [2.75, 3.05) is 7.11 Å². The fraction of sp³-hybridized carbons (Fsp3) is 0.250. The van der Waals surface area contributed by atoms with E-state index in [2.05, 4.69) is 10.3 Å². The van der Waals surface area contributed by atoms with Gasteiger partial charge in [0, 0.05) is 23.6 Å². The minimum atomic E-state index is -0.338. The highest BCUT2D eigenvalue weighted by molar-refractivity contribution is 6.36. The van der Waals surface area contributed by atoms with Crippen LogP contribution in [0.4, 0.5) is 0 Å². The zero-order valence-electron chi connectivity index (χ0n) is 13.1. The van der Waals surface area contributed by atoms with Gasteiger partial charge < -0.3 is 20.8 Å². The number of carbonyl (C=O) groups excluding carboxylic acids is 1. The van der Waals surface area contributed by atoms with E-state index in [4.69, 9.17) is 22.1 Å². The number of ether oxygens (including phenoxy) is 1. The molecule has 23 heavy (non-hydrogen) atoms. The maximum absolute atomic E-state index is 12.2. The summed E-state index contributed by atoms with van der Waals surface area (Å²) >= 11 is 6.23. The summed E-state index contributed by atoms with van der Waals surface area (Å²) in [7, 11) is 1.49. The molecule has 0 unspecified atom stereocenters. The van der Waals surface area contributed by atoms with Crippen molar-refractivity contribution >= 4 is 34.1 Å². The zero-order chi connectivity index (χ0) is 17.1. The summed E-state index contributed by atoms with van der Waals surface area (Å²) in [6.07, 6.45) is 1.23. The number of nitrogens with two attached hydrogens (primary N) is 1. The summed E-state index contributed by atoms with van der Waals surface area (Å²) in [5.41, 5.74) is 6.52. The molecular weight excluding hydrogens is 318 g/mol. The van der Waals surface area contributed by atoms with Crippen molar-refractivity contribution in [3.05, 3.63) is 45.2 Å². The van der Waals surface area contributed by atoms with Crippen LogP contribution in [0.25, 0.3) is 16.6 Å². The number of H-pyrrole nitrogens is 1. The molecule has 4 N–H and O–H groups in total. The highest BCUT2D eigenvalue weighted by atomic mass is 35.5. The summed E-state index contributed by atoms with van der Waals surface area (Å²) in [6.45, 7) is 3.68. The Morgan fingerprint density at radius 3 is 2.74 bits per heavy atom. The van der Waals surface area contributed by atoms with Gasteiger partial charge in [-0.2, -0.15) is 0 Å². The summed E-state index contributed by atoms with van der Waals surface area (Å²) in [5, 5.41) is 3.39. The summed E-state index contributed by atoms with van der Waals surface area (Å²) in [5.74, 6) is 0.0993. The van der Waals surface area contributed by atoms with Crippen LogP contribution in [0.15, 0.2) is 29.1 Å². The molecular formula is C16H18ClN3O3. The number of rotatable bonds is 4. The third-order valence-corrected chi connectivity index (χ3v) is 3.53.